The first-order chi connectivity index (χ1) is 14.6. The third-order valence-corrected chi connectivity index (χ3v) is 7.46. The van der Waals surface area contributed by atoms with Crippen molar-refractivity contribution in [3.63, 3.8) is 0 Å². The second-order valence-corrected chi connectivity index (χ2v) is 10.0. The van der Waals surface area contributed by atoms with E-state index in [4.69, 9.17) is 14.0 Å². The molecule has 0 unspecified atom stereocenters. The zero-order chi connectivity index (χ0) is 22.8. The molecule has 0 aliphatic heterocycles. The maximum absolute atomic E-state index is 12.8. The van der Waals surface area contributed by atoms with E-state index in [9.17, 15) is 16.8 Å². The van der Waals surface area contributed by atoms with Crippen LogP contribution in [0.15, 0.2) is 44.6 Å². The third-order valence-electron chi connectivity index (χ3n) is 4.17. The van der Waals surface area contributed by atoms with Gasteiger partial charge in [0.25, 0.3) is 10.0 Å². The molecule has 0 saturated carbocycles. The van der Waals surface area contributed by atoms with E-state index in [0.717, 1.165) is 0 Å². The highest BCUT2D eigenvalue weighted by Crippen LogP contribution is 2.24. The van der Waals surface area contributed by atoms with Crippen molar-refractivity contribution in [2.75, 3.05) is 18.9 Å². The van der Waals surface area contributed by atoms with Gasteiger partial charge >= 0.3 is 6.01 Å². The highest BCUT2D eigenvalue weighted by molar-refractivity contribution is 7.92. The highest BCUT2D eigenvalue weighted by Gasteiger charge is 2.25. The largest absolute Gasteiger partial charge is 0.481 e. The highest BCUT2D eigenvalue weighted by atomic mass is 32.2. The van der Waals surface area contributed by atoms with Gasteiger partial charge < -0.3 is 14.0 Å². The molecule has 31 heavy (non-hydrogen) atoms. The van der Waals surface area contributed by atoms with Crippen molar-refractivity contribution < 1.29 is 30.8 Å². The standard InChI is InChI=1S/C18H20N4O7S2/c1-11-17(12(2)29-21-11)31(25,26)22-13-5-7-15(8-6-13)30(23,24)10-14-9-16(27-3)20-18(19-14)28-4/h5-9,22H,10H2,1-4H3. The minimum absolute atomic E-state index is 0.00988. The Kier molecular flexibility index (Phi) is 6.18. The summed E-state index contributed by atoms with van der Waals surface area (Å²) < 4.78 is 68.0. The molecule has 1 aromatic carbocycles. The van der Waals surface area contributed by atoms with Crippen molar-refractivity contribution in [3.8, 4) is 11.9 Å². The number of nitrogens with one attached hydrogen (secondary N) is 1. The van der Waals surface area contributed by atoms with Crippen LogP contribution in [-0.2, 0) is 25.6 Å². The fourth-order valence-electron chi connectivity index (χ4n) is 2.79. The van der Waals surface area contributed by atoms with E-state index in [1.54, 1.807) is 0 Å². The number of rotatable bonds is 8. The predicted octanol–water partition coefficient (Wildman–Crippen LogP) is 1.87. The molecule has 11 nitrogen and oxygen atoms in total. The molecule has 13 heteroatoms. The predicted molar refractivity (Wildman–Crippen MR) is 109 cm³/mol. The van der Waals surface area contributed by atoms with Gasteiger partial charge in [-0.25, -0.2) is 16.8 Å². The van der Waals surface area contributed by atoms with Gasteiger partial charge in [0, 0.05) is 11.8 Å². The second-order valence-electron chi connectivity index (χ2n) is 6.43. The molecule has 3 aromatic rings. The van der Waals surface area contributed by atoms with Crippen molar-refractivity contribution in [3.05, 3.63) is 47.5 Å². The van der Waals surface area contributed by atoms with Gasteiger partial charge in [-0.3, -0.25) is 4.72 Å². The zero-order valence-electron chi connectivity index (χ0n) is 17.1. The number of nitrogens with zero attached hydrogens (tertiary/aromatic N) is 3. The van der Waals surface area contributed by atoms with Crippen LogP contribution in [0.2, 0.25) is 0 Å². The van der Waals surface area contributed by atoms with Crippen LogP contribution in [0.3, 0.4) is 0 Å². The number of ether oxygens (including phenoxy) is 2. The van der Waals surface area contributed by atoms with Crippen molar-refractivity contribution >= 4 is 25.5 Å². The molecule has 166 valence electrons. The van der Waals surface area contributed by atoms with Gasteiger partial charge in [-0.05, 0) is 38.1 Å². The molecule has 0 aliphatic carbocycles. The summed E-state index contributed by atoms with van der Waals surface area (Å²) >= 11 is 0. The topological polar surface area (TPSA) is 151 Å². The summed E-state index contributed by atoms with van der Waals surface area (Å²) in [5, 5.41) is 3.63. The van der Waals surface area contributed by atoms with Gasteiger partial charge in [0.05, 0.1) is 30.6 Å². The Balaban J connectivity index is 1.82. The molecule has 2 heterocycles. The summed E-state index contributed by atoms with van der Waals surface area (Å²) in [5.74, 6) is -0.104. The number of hydrogen-bond donors (Lipinski definition) is 1. The SMILES string of the molecule is COc1cc(CS(=O)(=O)c2ccc(NS(=O)(=O)c3c(C)noc3C)cc2)nc(OC)n1. The molecule has 3 rings (SSSR count). The Labute approximate surface area is 179 Å². The molecule has 0 amide bonds. The average molecular weight is 469 g/mol. The summed E-state index contributed by atoms with van der Waals surface area (Å²) in [4.78, 5) is 7.88. The summed E-state index contributed by atoms with van der Waals surface area (Å²) in [6, 6.07) is 6.68. The van der Waals surface area contributed by atoms with Gasteiger partial charge in [0.2, 0.25) is 5.88 Å². The molecule has 2 aromatic heterocycles. The van der Waals surface area contributed by atoms with Crippen molar-refractivity contribution in [2.24, 2.45) is 0 Å². The van der Waals surface area contributed by atoms with Crippen LogP contribution in [0.4, 0.5) is 5.69 Å². The van der Waals surface area contributed by atoms with Gasteiger partial charge in [0.1, 0.15) is 5.69 Å². The lowest BCUT2D eigenvalue weighted by Crippen LogP contribution is -2.14. The second kappa shape index (κ2) is 8.51. The number of aryl methyl sites for hydroxylation is 2. The van der Waals surface area contributed by atoms with Crippen molar-refractivity contribution in [1.29, 1.82) is 0 Å². The minimum atomic E-state index is -3.94. The van der Waals surface area contributed by atoms with Crippen molar-refractivity contribution in [1.82, 2.24) is 15.1 Å². The van der Waals surface area contributed by atoms with Crippen LogP contribution in [0.25, 0.3) is 0 Å². The van der Waals surface area contributed by atoms with Crippen LogP contribution in [-0.4, -0.2) is 46.2 Å². The van der Waals surface area contributed by atoms with Crippen molar-refractivity contribution in [2.45, 2.75) is 29.4 Å². The Morgan fingerprint density at radius 1 is 1.00 bits per heavy atom. The van der Waals surface area contributed by atoms with Crippen LogP contribution in [0, 0.1) is 13.8 Å². The number of sulfonamides is 1. The number of aromatic nitrogens is 3. The molecular formula is C18H20N4O7S2. The van der Waals surface area contributed by atoms with Gasteiger partial charge in [-0.15, -0.1) is 0 Å². The number of anilines is 1. The van der Waals surface area contributed by atoms with Gasteiger partial charge in [-0.2, -0.15) is 9.97 Å². The number of methoxy groups -OCH3 is 2. The first kappa shape index (κ1) is 22.5. The first-order valence-corrected chi connectivity index (χ1v) is 11.9. The number of sulfone groups is 1. The van der Waals surface area contributed by atoms with Gasteiger partial charge in [-0.1, -0.05) is 5.16 Å². The molecular weight excluding hydrogens is 448 g/mol. The molecule has 0 atom stereocenters. The lowest BCUT2D eigenvalue weighted by Gasteiger charge is -2.10. The van der Waals surface area contributed by atoms with Gasteiger partial charge in [0.15, 0.2) is 20.5 Å². The Morgan fingerprint density at radius 3 is 2.23 bits per heavy atom. The summed E-state index contributed by atoms with van der Waals surface area (Å²) in [5.41, 5.74) is 0.594. The van der Waals surface area contributed by atoms with E-state index in [0.29, 0.717) is 0 Å². The minimum Gasteiger partial charge on any atom is -0.481 e. The molecule has 0 bridgehead atoms. The Morgan fingerprint density at radius 2 is 1.68 bits per heavy atom. The smallest absolute Gasteiger partial charge is 0.319 e. The van der Waals surface area contributed by atoms with Crippen LogP contribution in [0.1, 0.15) is 17.1 Å². The molecule has 0 fully saturated rings. The molecule has 0 saturated heterocycles. The first-order valence-electron chi connectivity index (χ1n) is 8.80. The number of hydrogen-bond acceptors (Lipinski definition) is 10. The van der Waals surface area contributed by atoms with E-state index in [-0.39, 0.29) is 44.5 Å². The zero-order valence-corrected chi connectivity index (χ0v) is 18.7. The maximum atomic E-state index is 12.8. The molecule has 1 N–H and O–H groups in total. The van der Waals surface area contributed by atoms with E-state index >= 15 is 0 Å². The Hall–Kier alpha value is -3.19. The van der Waals surface area contributed by atoms with Crippen LogP contribution in [0.5, 0.6) is 11.9 Å². The quantitative estimate of drug-likeness (QED) is 0.519. The molecule has 0 aliphatic rings. The van der Waals surface area contributed by atoms with E-state index in [2.05, 4.69) is 19.8 Å². The van der Waals surface area contributed by atoms with E-state index < -0.39 is 25.6 Å². The fourth-order valence-corrected chi connectivity index (χ4v) is 5.44. The average Bonchev–Trinajstić information content (AvgIpc) is 3.06. The number of benzene rings is 1. The summed E-state index contributed by atoms with van der Waals surface area (Å²) in [6.07, 6.45) is 0. The lowest BCUT2D eigenvalue weighted by atomic mass is 10.3. The summed E-state index contributed by atoms with van der Waals surface area (Å²) in [7, 11) is -4.98. The maximum Gasteiger partial charge on any atom is 0.319 e. The lowest BCUT2D eigenvalue weighted by molar-refractivity contribution is 0.350. The third kappa shape index (κ3) is 4.94. The molecule has 0 spiro atoms. The summed E-state index contributed by atoms with van der Waals surface area (Å²) in [6.45, 7) is 3.00. The Bertz CT molecular complexity index is 1260. The normalized spacial score (nSPS) is 11.9. The molecule has 0 radical (unpaired) electrons. The van der Waals surface area contributed by atoms with E-state index in [1.807, 2.05) is 0 Å². The van der Waals surface area contributed by atoms with E-state index in [1.165, 1.54) is 58.4 Å². The monoisotopic (exact) mass is 468 g/mol. The van der Waals surface area contributed by atoms with Crippen LogP contribution >= 0.6 is 0 Å². The van der Waals surface area contributed by atoms with Crippen LogP contribution < -0.4 is 14.2 Å². The fraction of sp³-hybridized carbons (Fsp3) is 0.278.